The van der Waals surface area contributed by atoms with E-state index in [4.69, 9.17) is 0 Å². The largest absolute Gasteiger partial charge is 0.416 e. The van der Waals surface area contributed by atoms with Gasteiger partial charge in [-0.25, -0.2) is 0 Å². The van der Waals surface area contributed by atoms with Crippen molar-refractivity contribution in [3.63, 3.8) is 0 Å². The van der Waals surface area contributed by atoms with Crippen LogP contribution in [0, 0.1) is 0 Å². The molecule has 1 aromatic heterocycles. The van der Waals surface area contributed by atoms with Crippen molar-refractivity contribution in [2.45, 2.75) is 19.0 Å². The molecular weight excluding hydrogens is 403 g/mol. The predicted molar refractivity (Wildman–Crippen MR) is 115 cm³/mol. The van der Waals surface area contributed by atoms with Crippen molar-refractivity contribution >= 4 is 23.4 Å². The van der Waals surface area contributed by atoms with Crippen LogP contribution in [0.15, 0.2) is 67.0 Å². The van der Waals surface area contributed by atoms with Gasteiger partial charge in [0.25, 0.3) is 0 Å². The second-order valence-electron chi connectivity index (χ2n) is 7.32. The number of amides is 1. The Kier molecular flexibility index (Phi) is 5.75. The zero-order valence-corrected chi connectivity index (χ0v) is 16.5. The van der Waals surface area contributed by atoms with Crippen molar-refractivity contribution in [2.24, 2.45) is 0 Å². The molecule has 0 atom stereocenters. The lowest BCUT2D eigenvalue weighted by Crippen LogP contribution is -2.08. The highest BCUT2D eigenvalue weighted by atomic mass is 19.4. The molecule has 0 fully saturated rings. The smallest absolute Gasteiger partial charge is 0.384 e. The summed E-state index contributed by atoms with van der Waals surface area (Å²) in [5.41, 5.74) is 3.97. The number of anilines is 2. The summed E-state index contributed by atoms with van der Waals surface area (Å²) >= 11 is 0. The van der Waals surface area contributed by atoms with Crippen LogP contribution in [-0.4, -0.2) is 17.4 Å². The summed E-state index contributed by atoms with van der Waals surface area (Å²) in [4.78, 5) is 16.4. The molecular formula is C24H20F3N3O. The Morgan fingerprint density at radius 3 is 2.81 bits per heavy atom. The Bertz CT molecular complexity index is 1120. The summed E-state index contributed by atoms with van der Waals surface area (Å²) in [6, 6.07) is 12.7. The van der Waals surface area contributed by atoms with Crippen LogP contribution < -0.4 is 10.6 Å². The van der Waals surface area contributed by atoms with Gasteiger partial charge >= 0.3 is 6.18 Å². The van der Waals surface area contributed by atoms with Crippen molar-refractivity contribution in [1.29, 1.82) is 0 Å². The maximum Gasteiger partial charge on any atom is 0.416 e. The SMILES string of the molecule is O=C(/C=C/c1ccc(C(F)(F)F)cc1Cc1cccnc1)Nc1ccc2c(c1)CCN2. The molecule has 31 heavy (non-hydrogen) atoms. The van der Waals surface area contributed by atoms with E-state index in [2.05, 4.69) is 15.6 Å². The number of nitrogens with zero attached hydrogens (tertiary/aromatic N) is 1. The third-order valence-electron chi connectivity index (χ3n) is 5.08. The van der Waals surface area contributed by atoms with Crippen molar-refractivity contribution in [3.05, 3.63) is 94.8 Å². The summed E-state index contributed by atoms with van der Waals surface area (Å²) in [6.45, 7) is 0.875. The molecule has 2 N–H and O–H groups in total. The Morgan fingerprint density at radius 1 is 1.16 bits per heavy atom. The molecule has 2 aromatic carbocycles. The zero-order chi connectivity index (χ0) is 21.8. The molecule has 1 amide bonds. The number of hydrogen-bond donors (Lipinski definition) is 2. The highest BCUT2D eigenvalue weighted by Gasteiger charge is 2.30. The lowest BCUT2D eigenvalue weighted by molar-refractivity contribution is -0.137. The van der Waals surface area contributed by atoms with Gasteiger partial charge in [0, 0.05) is 36.4 Å². The summed E-state index contributed by atoms with van der Waals surface area (Å²) in [5, 5.41) is 6.06. The Balaban J connectivity index is 1.54. The van der Waals surface area contributed by atoms with Crippen LogP contribution in [0.2, 0.25) is 0 Å². The molecule has 0 saturated carbocycles. The zero-order valence-electron chi connectivity index (χ0n) is 16.5. The third kappa shape index (κ3) is 5.12. The monoisotopic (exact) mass is 423 g/mol. The fraction of sp³-hybridized carbons (Fsp3) is 0.167. The fourth-order valence-corrected chi connectivity index (χ4v) is 3.55. The van der Waals surface area contributed by atoms with Gasteiger partial charge in [0.2, 0.25) is 5.91 Å². The average Bonchev–Trinajstić information content (AvgIpc) is 3.21. The highest BCUT2D eigenvalue weighted by molar-refractivity contribution is 6.02. The van der Waals surface area contributed by atoms with Crippen LogP contribution in [-0.2, 0) is 23.8 Å². The number of aromatic nitrogens is 1. The minimum Gasteiger partial charge on any atom is -0.384 e. The first-order valence-corrected chi connectivity index (χ1v) is 9.83. The first kappa shape index (κ1) is 20.7. The molecule has 4 nitrogen and oxygen atoms in total. The average molecular weight is 423 g/mol. The number of halogens is 3. The van der Waals surface area contributed by atoms with Gasteiger partial charge in [-0.05, 0) is 77.6 Å². The summed E-state index contributed by atoms with van der Waals surface area (Å²) in [7, 11) is 0. The topological polar surface area (TPSA) is 54.0 Å². The van der Waals surface area contributed by atoms with E-state index in [1.54, 1.807) is 24.5 Å². The van der Waals surface area contributed by atoms with Crippen molar-refractivity contribution in [1.82, 2.24) is 4.98 Å². The normalized spacial score (nSPS) is 13.1. The molecule has 0 bridgehead atoms. The van der Waals surface area contributed by atoms with Crippen molar-refractivity contribution < 1.29 is 18.0 Å². The summed E-state index contributed by atoms with van der Waals surface area (Å²) in [5.74, 6) is -0.349. The van der Waals surface area contributed by atoms with E-state index in [0.29, 0.717) is 16.8 Å². The second kappa shape index (κ2) is 8.63. The second-order valence-corrected chi connectivity index (χ2v) is 7.32. The number of pyridine rings is 1. The Morgan fingerprint density at radius 2 is 2.03 bits per heavy atom. The molecule has 158 valence electrons. The maximum absolute atomic E-state index is 13.2. The van der Waals surface area contributed by atoms with E-state index >= 15 is 0 Å². The van der Waals surface area contributed by atoms with Gasteiger partial charge in [0.15, 0.2) is 0 Å². The van der Waals surface area contributed by atoms with Gasteiger partial charge < -0.3 is 10.6 Å². The van der Waals surface area contributed by atoms with Crippen molar-refractivity contribution in [3.8, 4) is 0 Å². The van der Waals surface area contributed by atoms with Crippen LogP contribution in [0.25, 0.3) is 6.08 Å². The van der Waals surface area contributed by atoms with Gasteiger partial charge in [0.1, 0.15) is 0 Å². The van der Waals surface area contributed by atoms with E-state index in [0.717, 1.165) is 41.9 Å². The van der Waals surface area contributed by atoms with Gasteiger partial charge in [0.05, 0.1) is 5.56 Å². The highest BCUT2D eigenvalue weighted by Crippen LogP contribution is 2.31. The number of carbonyl (C=O) groups excluding carboxylic acids is 1. The molecule has 0 saturated heterocycles. The quantitative estimate of drug-likeness (QED) is 0.547. The van der Waals surface area contributed by atoms with Gasteiger partial charge in [-0.3, -0.25) is 9.78 Å². The minimum absolute atomic E-state index is 0.275. The van der Waals surface area contributed by atoms with E-state index < -0.39 is 11.7 Å². The van der Waals surface area contributed by atoms with Crippen LogP contribution in [0.4, 0.5) is 24.5 Å². The molecule has 0 spiro atoms. The fourth-order valence-electron chi connectivity index (χ4n) is 3.55. The van der Waals surface area contributed by atoms with Crippen LogP contribution in [0.5, 0.6) is 0 Å². The number of benzene rings is 2. The van der Waals surface area contributed by atoms with E-state index in [9.17, 15) is 18.0 Å². The van der Waals surface area contributed by atoms with Crippen LogP contribution >= 0.6 is 0 Å². The first-order chi connectivity index (χ1) is 14.9. The molecule has 1 aliphatic rings. The molecule has 7 heteroatoms. The Hall–Kier alpha value is -3.61. The molecule has 3 aromatic rings. The predicted octanol–water partition coefficient (Wildman–Crippen LogP) is 5.31. The third-order valence-corrected chi connectivity index (χ3v) is 5.08. The molecule has 4 rings (SSSR count). The first-order valence-electron chi connectivity index (χ1n) is 9.83. The molecule has 0 unspecified atom stereocenters. The van der Waals surface area contributed by atoms with Crippen LogP contribution in [0.1, 0.15) is 27.8 Å². The number of hydrogen-bond acceptors (Lipinski definition) is 3. The van der Waals surface area contributed by atoms with Crippen molar-refractivity contribution in [2.75, 3.05) is 17.2 Å². The number of carbonyl (C=O) groups is 1. The number of nitrogens with one attached hydrogen (secondary N) is 2. The number of rotatable bonds is 5. The molecule has 0 radical (unpaired) electrons. The molecule has 0 aliphatic carbocycles. The Labute approximate surface area is 177 Å². The van der Waals surface area contributed by atoms with Crippen LogP contribution in [0.3, 0.4) is 0 Å². The maximum atomic E-state index is 13.2. The van der Waals surface area contributed by atoms with Gasteiger partial charge in [-0.2, -0.15) is 13.2 Å². The lowest BCUT2D eigenvalue weighted by atomic mass is 9.97. The molecule has 2 heterocycles. The van der Waals surface area contributed by atoms with Gasteiger partial charge in [-0.1, -0.05) is 12.1 Å². The molecule has 1 aliphatic heterocycles. The van der Waals surface area contributed by atoms with E-state index in [1.165, 1.54) is 18.2 Å². The minimum atomic E-state index is -4.44. The van der Waals surface area contributed by atoms with E-state index in [-0.39, 0.29) is 12.3 Å². The van der Waals surface area contributed by atoms with Gasteiger partial charge in [-0.15, -0.1) is 0 Å². The summed E-state index contributed by atoms with van der Waals surface area (Å²) in [6.07, 6.45) is 2.83. The van der Waals surface area contributed by atoms with E-state index in [1.807, 2.05) is 18.2 Å². The number of fused-ring (bicyclic) bond motifs is 1. The lowest BCUT2D eigenvalue weighted by Gasteiger charge is -2.12. The summed E-state index contributed by atoms with van der Waals surface area (Å²) < 4.78 is 39.6. The standard InChI is InChI=1S/C24H20F3N3O/c25-24(26,27)20-5-3-17(19(13-20)12-16-2-1-10-28-15-16)4-8-23(31)30-21-6-7-22-18(14-21)9-11-29-22/h1-8,10,13-15,29H,9,11-12H2,(H,30,31)/b8-4+. The number of alkyl halides is 3.